The summed E-state index contributed by atoms with van der Waals surface area (Å²) in [6, 6.07) is 10.3. The van der Waals surface area contributed by atoms with Gasteiger partial charge in [-0.15, -0.1) is 0 Å². The predicted molar refractivity (Wildman–Crippen MR) is 96.2 cm³/mol. The lowest BCUT2D eigenvalue weighted by atomic mass is 10.2. The number of pyridine rings is 1. The van der Waals surface area contributed by atoms with Crippen LogP contribution in [0.15, 0.2) is 53.4 Å². The molecule has 0 saturated carbocycles. The van der Waals surface area contributed by atoms with Crippen LogP contribution in [0.5, 0.6) is 0 Å². The van der Waals surface area contributed by atoms with Gasteiger partial charge in [-0.3, -0.25) is 0 Å². The number of likely N-dealkylation sites (N-methyl/N-ethyl adjacent to an activating group) is 1. The van der Waals surface area contributed by atoms with Gasteiger partial charge in [0, 0.05) is 24.9 Å². The van der Waals surface area contributed by atoms with Gasteiger partial charge in [-0.05, 0) is 18.2 Å². The van der Waals surface area contributed by atoms with E-state index in [1.54, 1.807) is 41.0 Å². The van der Waals surface area contributed by atoms with Crippen molar-refractivity contribution in [2.75, 3.05) is 7.05 Å². The number of aromatic nitrogens is 3. The Bertz CT molecular complexity index is 1040. The third-order valence-corrected chi connectivity index (χ3v) is 4.27. The highest BCUT2D eigenvalue weighted by Crippen LogP contribution is 2.22. The number of nitrogens with two attached hydrogens (primary N) is 2. The molecule has 7 nitrogen and oxygen atoms in total. The number of rotatable bonds is 3. The van der Waals surface area contributed by atoms with Crippen LogP contribution in [0.1, 0.15) is 11.3 Å². The van der Waals surface area contributed by atoms with Crippen LogP contribution in [0.3, 0.4) is 0 Å². The smallest absolute Gasteiger partial charge is 0.160 e. The van der Waals surface area contributed by atoms with Crippen molar-refractivity contribution in [2.45, 2.75) is 12.7 Å². The number of fused-ring (bicyclic) bond motifs is 1. The number of halogens is 1. The van der Waals surface area contributed by atoms with Gasteiger partial charge in [-0.2, -0.15) is 5.10 Å². The molecule has 3 aromatic rings. The molecule has 1 unspecified atom stereocenters. The Kier molecular flexibility index (Phi) is 3.89. The molecule has 1 aliphatic rings. The third kappa shape index (κ3) is 2.70. The SMILES string of the molecule is CN1C(c2nn(Cc3ccccc3F)c3ncccc23)=NC(N)=[C]C1N. The Morgan fingerprint density at radius 1 is 1.23 bits per heavy atom. The monoisotopic (exact) mass is 350 g/mol. The molecule has 0 bridgehead atoms. The molecule has 0 fully saturated rings. The largest absolute Gasteiger partial charge is 0.383 e. The Morgan fingerprint density at radius 2 is 2.04 bits per heavy atom. The van der Waals surface area contributed by atoms with Gasteiger partial charge in [0.1, 0.15) is 23.5 Å². The molecule has 0 spiro atoms. The van der Waals surface area contributed by atoms with Crippen LogP contribution in [0.2, 0.25) is 0 Å². The summed E-state index contributed by atoms with van der Waals surface area (Å²) in [6.07, 6.45) is 3.99. The molecule has 1 radical (unpaired) electrons. The van der Waals surface area contributed by atoms with Crippen LogP contribution in [0, 0.1) is 11.9 Å². The van der Waals surface area contributed by atoms with Crippen LogP contribution < -0.4 is 11.5 Å². The van der Waals surface area contributed by atoms with Crippen molar-refractivity contribution in [3.05, 3.63) is 71.6 Å². The van der Waals surface area contributed by atoms with Crippen molar-refractivity contribution in [3.63, 3.8) is 0 Å². The van der Waals surface area contributed by atoms with Crippen LogP contribution in [-0.4, -0.2) is 38.7 Å². The topological polar surface area (TPSA) is 98.3 Å². The van der Waals surface area contributed by atoms with E-state index in [1.165, 1.54) is 6.07 Å². The highest BCUT2D eigenvalue weighted by molar-refractivity contribution is 6.07. The lowest BCUT2D eigenvalue weighted by molar-refractivity contribution is 0.415. The molecule has 8 heteroatoms. The molecular weight excluding hydrogens is 333 g/mol. The summed E-state index contributed by atoms with van der Waals surface area (Å²) in [5.41, 5.74) is 13.6. The molecule has 2 aromatic heterocycles. The minimum atomic E-state index is -0.522. The van der Waals surface area contributed by atoms with E-state index in [2.05, 4.69) is 21.2 Å². The molecule has 0 amide bonds. The number of nitrogens with zero attached hydrogens (tertiary/aromatic N) is 5. The molecule has 3 heterocycles. The second-order valence-electron chi connectivity index (χ2n) is 5.99. The van der Waals surface area contributed by atoms with E-state index >= 15 is 0 Å². The molecule has 0 aliphatic carbocycles. The minimum absolute atomic E-state index is 0.214. The summed E-state index contributed by atoms with van der Waals surface area (Å²) in [7, 11) is 1.79. The summed E-state index contributed by atoms with van der Waals surface area (Å²) in [6.45, 7) is 0.251. The lowest BCUT2D eigenvalue weighted by Crippen LogP contribution is -2.45. The third-order valence-electron chi connectivity index (χ3n) is 4.27. The van der Waals surface area contributed by atoms with Crippen molar-refractivity contribution in [1.82, 2.24) is 19.7 Å². The quantitative estimate of drug-likeness (QED) is 0.740. The Labute approximate surface area is 149 Å². The first kappa shape index (κ1) is 16.2. The van der Waals surface area contributed by atoms with Gasteiger partial charge >= 0.3 is 0 Å². The first-order valence-electron chi connectivity index (χ1n) is 8.06. The number of amidine groups is 1. The van der Waals surface area contributed by atoms with Crippen LogP contribution >= 0.6 is 0 Å². The molecule has 4 rings (SSSR count). The fourth-order valence-electron chi connectivity index (χ4n) is 2.90. The van der Waals surface area contributed by atoms with Crippen molar-refractivity contribution < 1.29 is 4.39 Å². The number of hydrogen-bond donors (Lipinski definition) is 2. The molecule has 4 N–H and O–H groups in total. The normalized spacial score (nSPS) is 17.3. The molecule has 1 aromatic carbocycles. The second-order valence-corrected chi connectivity index (χ2v) is 5.99. The van der Waals surface area contributed by atoms with Gasteiger partial charge in [0.25, 0.3) is 0 Å². The molecule has 1 atom stereocenters. The van der Waals surface area contributed by atoms with Crippen LogP contribution in [-0.2, 0) is 6.54 Å². The Morgan fingerprint density at radius 3 is 2.85 bits per heavy atom. The molecule has 131 valence electrons. The van der Waals surface area contributed by atoms with Gasteiger partial charge in [-0.25, -0.2) is 19.0 Å². The van der Waals surface area contributed by atoms with Crippen LogP contribution in [0.25, 0.3) is 11.0 Å². The average molecular weight is 350 g/mol. The summed E-state index contributed by atoms with van der Waals surface area (Å²) >= 11 is 0. The van der Waals surface area contributed by atoms with Crippen molar-refractivity contribution >= 4 is 16.9 Å². The van der Waals surface area contributed by atoms with E-state index in [0.29, 0.717) is 22.7 Å². The standard InChI is InChI=1S/C18H17FN7/c1-25-15(21)9-14(20)23-18(25)16-12-6-4-8-22-17(12)26(24-16)10-11-5-2-3-7-13(11)19/h2-8,15H,10,20-21H2,1H3. The number of aliphatic imine (C=N–C) groups is 1. The molecule has 1 aliphatic heterocycles. The Hall–Kier alpha value is -3.26. The van der Waals surface area contributed by atoms with E-state index in [4.69, 9.17) is 11.5 Å². The van der Waals surface area contributed by atoms with Crippen LogP contribution in [0.4, 0.5) is 4.39 Å². The van der Waals surface area contributed by atoms with Crippen molar-refractivity contribution in [1.29, 1.82) is 0 Å². The highest BCUT2D eigenvalue weighted by Gasteiger charge is 2.25. The first-order chi connectivity index (χ1) is 12.5. The van der Waals surface area contributed by atoms with Gasteiger partial charge in [-0.1, -0.05) is 18.2 Å². The average Bonchev–Trinajstić information content (AvgIpc) is 2.99. The van der Waals surface area contributed by atoms with E-state index in [9.17, 15) is 4.39 Å². The Balaban J connectivity index is 1.85. The van der Waals surface area contributed by atoms with E-state index in [-0.39, 0.29) is 18.2 Å². The predicted octanol–water partition coefficient (Wildman–Crippen LogP) is 1.20. The maximum absolute atomic E-state index is 14.1. The zero-order valence-electron chi connectivity index (χ0n) is 14.1. The van der Waals surface area contributed by atoms with E-state index in [1.807, 2.05) is 12.1 Å². The number of benzene rings is 1. The minimum Gasteiger partial charge on any atom is -0.383 e. The molecule has 26 heavy (non-hydrogen) atoms. The van der Waals surface area contributed by atoms with Crippen molar-refractivity contribution in [3.8, 4) is 0 Å². The highest BCUT2D eigenvalue weighted by atomic mass is 19.1. The maximum Gasteiger partial charge on any atom is 0.160 e. The van der Waals surface area contributed by atoms with Crippen molar-refractivity contribution in [2.24, 2.45) is 16.5 Å². The van der Waals surface area contributed by atoms with Gasteiger partial charge in [0.2, 0.25) is 0 Å². The van der Waals surface area contributed by atoms with Gasteiger partial charge < -0.3 is 16.4 Å². The number of hydrogen-bond acceptors (Lipinski definition) is 6. The summed E-state index contributed by atoms with van der Waals surface area (Å²) in [5, 5.41) is 5.42. The lowest BCUT2D eigenvalue weighted by Gasteiger charge is -2.27. The zero-order chi connectivity index (χ0) is 18.3. The fraction of sp³-hybridized carbons (Fsp3) is 0.167. The second kappa shape index (κ2) is 6.23. The fourth-order valence-corrected chi connectivity index (χ4v) is 2.90. The summed E-state index contributed by atoms with van der Waals surface area (Å²) < 4.78 is 15.7. The van der Waals surface area contributed by atoms with Gasteiger partial charge in [0.05, 0.1) is 11.9 Å². The van der Waals surface area contributed by atoms with E-state index < -0.39 is 6.17 Å². The zero-order valence-corrected chi connectivity index (χ0v) is 14.1. The first-order valence-corrected chi connectivity index (χ1v) is 8.06. The van der Waals surface area contributed by atoms with Gasteiger partial charge in [0.15, 0.2) is 11.5 Å². The molecular formula is C18H17FN7. The molecule has 0 saturated heterocycles. The summed E-state index contributed by atoms with van der Waals surface area (Å²) in [4.78, 5) is 10.5. The summed E-state index contributed by atoms with van der Waals surface area (Å²) in [5.74, 6) is 0.454. The van der Waals surface area contributed by atoms with E-state index in [0.717, 1.165) is 5.39 Å². The maximum atomic E-state index is 14.1.